The summed E-state index contributed by atoms with van der Waals surface area (Å²) < 4.78 is 29.9. The van der Waals surface area contributed by atoms with E-state index >= 15 is 0 Å². The van der Waals surface area contributed by atoms with Gasteiger partial charge in [0.25, 0.3) is 11.8 Å². The molecule has 2 aliphatic heterocycles. The second-order valence-corrected chi connectivity index (χ2v) is 10.6. The van der Waals surface area contributed by atoms with E-state index in [-0.39, 0.29) is 11.9 Å². The summed E-state index contributed by atoms with van der Waals surface area (Å²) in [4.78, 5) is 24.8. The van der Waals surface area contributed by atoms with E-state index in [0.717, 1.165) is 0 Å². The summed E-state index contributed by atoms with van der Waals surface area (Å²) >= 11 is 0. The van der Waals surface area contributed by atoms with Crippen LogP contribution in [0.25, 0.3) is 0 Å². The van der Waals surface area contributed by atoms with Crippen LogP contribution in [0.3, 0.4) is 0 Å². The van der Waals surface area contributed by atoms with Gasteiger partial charge in [-0.25, -0.2) is 4.21 Å². The zero-order chi connectivity index (χ0) is 21.9. The number of nitrogens with one attached hydrogen (secondary N) is 1. The SMILES string of the molecule is CCC(OC)C(=O)N=S1(=O)CCC2(CC1)CC(NC(=O)c1nnn(C)c1C)CCO2. The molecule has 3 heterocycles. The lowest BCUT2D eigenvalue weighted by molar-refractivity contribution is -0.127. The van der Waals surface area contributed by atoms with E-state index in [1.165, 1.54) is 7.11 Å². The van der Waals surface area contributed by atoms with Gasteiger partial charge in [0, 0.05) is 38.3 Å². The maximum atomic E-state index is 13.1. The summed E-state index contributed by atoms with van der Waals surface area (Å²) in [7, 11) is 0.589. The molecule has 3 rings (SSSR count). The molecule has 30 heavy (non-hydrogen) atoms. The second-order valence-electron chi connectivity index (χ2n) is 8.08. The number of amides is 2. The molecule has 2 aliphatic rings. The summed E-state index contributed by atoms with van der Waals surface area (Å²) in [5, 5.41) is 10.9. The van der Waals surface area contributed by atoms with Crippen LogP contribution in [0.15, 0.2) is 4.36 Å². The molecular formula is C19H31N5O5S. The average molecular weight is 442 g/mol. The quantitative estimate of drug-likeness (QED) is 0.722. The Labute approximate surface area is 177 Å². The molecule has 1 aromatic heterocycles. The number of methoxy groups -OCH3 is 1. The zero-order valence-corrected chi connectivity index (χ0v) is 18.9. The average Bonchev–Trinajstić information content (AvgIpc) is 3.05. The van der Waals surface area contributed by atoms with Crippen molar-refractivity contribution in [3.8, 4) is 0 Å². The second kappa shape index (κ2) is 9.11. The maximum absolute atomic E-state index is 13.1. The lowest BCUT2D eigenvalue weighted by Crippen LogP contribution is -2.52. The lowest BCUT2D eigenvalue weighted by Gasteiger charge is -2.44. The number of hydrogen-bond donors (Lipinski definition) is 1. The molecule has 2 fully saturated rings. The summed E-state index contributed by atoms with van der Waals surface area (Å²) in [5.41, 5.74) is 0.587. The van der Waals surface area contributed by atoms with Crippen LogP contribution >= 0.6 is 0 Å². The zero-order valence-electron chi connectivity index (χ0n) is 18.0. The molecule has 0 aromatic carbocycles. The molecule has 0 radical (unpaired) electrons. The van der Waals surface area contributed by atoms with Crippen molar-refractivity contribution in [1.82, 2.24) is 20.3 Å². The van der Waals surface area contributed by atoms with E-state index in [1.54, 1.807) is 18.7 Å². The summed E-state index contributed by atoms with van der Waals surface area (Å²) in [6, 6.07) is -0.0571. The fraction of sp³-hybridized carbons (Fsp3) is 0.789. The third-order valence-corrected chi connectivity index (χ3v) is 8.29. The van der Waals surface area contributed by atoms with Crippen LogP contribution in [0.5, 0.6) is 0 Å². The highest BCUT2D eigenvalue weighted by molar-refractivity contribution is 7.93. The van der Waals surface area contributed by atoms with Crippen molar-refractivity contribution in [2.45, 2.75) is 63.7 Å². The van der Waals surface area contributed by atoms with Gasteiger partial charge in [0.1, 0.15) is 6.10 Å². The van der Waals surface area contributed by atoms with Crippen LogP contribution in [-0.4, -0.2) is 74.0 Å². The van der Waals surface area contributed by atoms with Crippen LogP contribution in [0.1, 0.15) is 55.2 Å². The number of ether oxygens (including phenoxy) is 2. The number of rotatable bonds is 5. The first kappa shape index (κ1) is 22.8. The summed E-state index contributed by atoms with van der Waals surface area (Å²) in [6.07, 6.45) is 2.28. The topological polar surface area (TPSA) is 125 Å². The van der Waals surface area contributed by atoms with E-state index in [1.807, 2.05) is 6.92 Å². The lowest BCUT2D eigenvalue weighted by atomic mass is 9.85. The first-order valence-corrected chi connectivity index (χ1v) is 12.2. The molecule has 11 heteroatoms. The standard InChI is InChI=1S/C19H31N5O5S/c1-5-15(28-4)17(25)22-30(27)10-7-19(8-11-30)12-14(6-9-29-19)20-18(26)16-13(2)24(3)23-21-16/h14-15H,5-12H2,1-4H3,(H,20,26). The van der Waals surface area contributed by atoms with Gasteiger partial charge in [0.05, 0.1) is 21.0 Å². The molecule has 1 aromatic rings. The van der Waals surface area contributed by atoms with Gasteiger partial charge in [0.2, 0.25) is 0 Å². The third-order valence-electron chi connectivity index (χ3n) is 6.09. The molecule has 2 amide bonds. The van der Waals surface area contributed by atoms with E-state index in [9.17, 15) is 13.8 Å². The van der Waals surface area contributed by atoms with Gasteiger partial charge in [-0.05, 0) is 39.0 Å². The van der Waals surface area contributed by atoms with Crippen molar-refractivity contribution in [2.75, 3.05) is 25.2 Å². The Bertz CT molecular complexity index is 902. The number of aromatic nitrogens is 3. The number of hydrogen-bond acceptors (Lipinski definition) is 7. The summed E-state index contributed by atoms with van der Waals surface area (Å²) in [5.74, 6) is -0.0749. The van der Waals surface area contributed by atoms with Crippen LogP contribution in [0.4, 0.5) is 0 Å². The molecule has 0 bridgehead atoms. The summed E-state index contributed by atoms with van der Waals surface area (Å²) in [6.45, 7) is 4.15. The number of carbonyl (C=O) groups is 2. The van der Waals surface area contributed by atoms with Crippen LogP contribution < -0.4 is 5.32 Å². The number of nitrogens with zero attached hydrogens (tertiary/aromatic N) is 4. The molecule has 1 spiro atoms. The van der Waals surface area contributed by atoms with Crippen LogP contribution in [0.2, 0.25) is 0 Å². The van der Waals surface area contributed by atoms with Gasteiger partial charge in [-0.1, -0.05) is 12.1 Å². The predicted octanol–water partition coefficient (Wildman–Crippen LogP) is 0.985. The van der Waals surface area contributed by atoms with Crippen molar-refractivity contribution in [3.05, 3.63) is 11.4 Å². The molecular weight excluding hydrogens is 410 g/mol. The van der Waals surface area contributed by atoms with E-state index in [0.29, 0.717) is 61.6 Å². The molecule has 0 saturated carbocycles. The minimum absolute atomic E-state index is 0.0571. The predicted molar refractivity (Wildman–Crippen MR) is 111 cm³/mol. The minimum Gasteiger partial charge on any atom is -0.375 e. The third kappa shape index (κ3) is 4.89. The number of aryl methyl sites for hydroxylation is 1. The Hall–Kier alpha value is -1.85. The van der Waals surface area contributed by atoms with Crippen LogP contribution in [-0.2, 0) is 31.0 Å². The van der Waals surface area contributed by atoms with Crippen molar-refractivity contribution < 1.29 is 23.3 Å². The molecule has 1 N–H and O–H groups in total. The van der Waals surface area contributed by atoms with Gasteiger partial charge in [-0.15, -0.1) is 5.10 Å². The Balaban J connectivity index is 1.63. The number of carbonyl (C=O) groups excluding carboxylic acids is 2. The molecule has 2 saturated heterocycles. The Kier molecular flexibility index (Phi) is 6.93. The van der Waals surface area contributed by atoms with Crippen molar-refractivity contribution in [2.24, 2.45) is 11.4 Å². The Morgan fingerprint density at radius 1 is 1.43 bits per heavy atom. The smallest absolute Gasteiger partial charge is 0.282 e. The van der Waals surface area contributed by atoms with E-state index in [4.69, 9.17) is 9.47 Å². The Morgan fingerprint density at radius 3 is 2.70 bits per heavy atom. The molecule has 168 valence electrons. The highest BCUT2D eigenvalue weighted by Gasteiger charge is 2.42. The van der Waals surface area contributed by atoms with E-state index < -0.39 is 27.3 Å². The maximum Gasteiger partial charge on any atom is 0.282 e. The fourth-order valence-corrected chi connectivity index (χ4v) is 6.26. The highest BCUT2D eigenvalue weighted by Crippen LogP contribution is 2.36. The highest BCUT2D eigenvalue weighted by atomic mass is 32.2. The molecule has 2 unspecified atom stereocenters. The normalized spacial score (nSPS) is 30.1. The van der Waals surface area contributed by atoms with Gasteiger partial charge >= 0.3 is 0 Å². The van der Waals surface area contributed by atoms with Gasteiger partial charge in [0.15, 0.2) is 5.69 Å². The van der Waals surface area contributed by atoms with Crippen molar-refractivity contribution in [3.63, 3.8) is 0 Å². The van der Waals surface area contributed by atoms with Crippen molar-refractivity contribution in [1.29, 1.82) is 0 Å². The van der Waals surface area contributed by atoms with Gasteiger partial charge in [-0.3, -0.25) is 14.3 Å². The first-order chi connectivity index (χ1) is 14.2. The first-order valence-electron chi connectivity index (χ1n) is 10.3. The monoisotopic (exact) mass is 441 g/mol. The largest absolute Gasteiger partial charge is 0.375 e. The molecule has 10 nitrogen and oxygen atoms in total. The molecule has 0 aliphatic carbocycles. The van der Waals surface area contributed by atoms with Crippen LogP contribution in [0, 0.1) is 6.92 Å². The van der Waals surface area contributed by atoms with Crippen molar-refractivity contribution >= 4 is 21.5 Å². The fourth-order valence-electron chi connectivity index (χ4n) is 4.04. The van der Waals surface area contributed by atoms with Gasteiger partial charge in [-0.2, -0.15) is 4.36 Å². The molecule has 2 atom stereocenters. The Morgan fingerprint density at radius 2 is 2.13 bits per heavy atom. The van der Waals surface area contributed by atoms with Gasteiger partial charge < -0.3 is 14.8 Å². The van der Waals surface area contributed by atoms with E-state index in [2.05, 4.69) is 20.0 Å². The minimum atomic E-state index is -2.61.